The van der Waals surface area contributed by atoms with Gasteiger partial charge in [0, 0.05) is 6.07 Å². The van der Waals surface area contributed by atoms with Gasteiger partial charge >= 0.3 is 0 Å². The average molecular weight is 263 g/mol. The Hall–Kier alpha value is -3.11. The minimum absolute atomic E-state index is 0.161. The molecule has 0 bridgehead atoms. The summed E-state index contributed by atoms with van der Waals surface area (Å²) in [6.07, 6.45) is 0. The van der Waals surface area contributed by atoms with E-state index in [1.54, 1.807) is 0 Å². The van der Waals surface area contributed by atoms with Crippen LogP contribution in [0.1, 0.15) is 0 Å². The Morgan fingerprint density at radius 3 is 2.74 bits per heavy atom. The van der Waals surface area contributed by atoms with Crippen molar-refractivity contribution in [3.8, 4) is 11.4 Å². The van der Waals surface area contributed by atoms with E-state index in [1.807, 2.05) is 0 Å². The maximum Gasteiger partial charge on any atom is 0.300 e. The second-order valence-corrected chi connectivity index (χ2v) is 3.74. The maximum absolute atomic E-state index is 11.0. The van der Waals surface area contributed by atoms with Crippen LogP contribution in [0.3, 0.4) is 0 Å². The molecule has 1 aromatic heterocycles. The summed E-state index contributed by atoms with van der Waals surface area (Å²) in [7, 11) is 0. The van der Waals surface area contributed by atoms with Gasteiger partial charge in [0.15, 0.2) is 5.82 Å². The molecule has 1 aromatic carbocycles. The van der Waals surface area contributed by atoms with Crippen LogP contribution in [-0.4, -0.2) is 30.1 Å². The van der Waals surface area contributed by atoms with Crippen molar-refractivity contribution in [2.45, 2.75) is 6.67 Å². The van der Waals surface area contributed by atoms with E-state index in [2.05, 4.69) is 20.8 Å². The number of rotatable bonds is 2. The second kappa shape index (κ2) is 3.69. The van der Waals surface area contributed by atoms with Gasteiger partial charge in [0.1, 0.15) is 12.4 Å². The molecule has 11 nitrogen and oxygen atoms in total. The quantitative estimate of drug-likeness (QED) is 0.610. The third kappa shape index (κ3) is 1.55. The summed E-state index contributed by atoms with van der Waals surface area (Å²) in [6.45, 7) is 0.161. The van der Waals surface area contributed by atoms with Crippen molar-refractivity contribution in [2.24, 2.45) is 0 Å². The molecule has 1 N–H and O–H groups in total. The largest absolute Gasteiger partial charge is 0.360 e. The van der Waals surface area contributed by atoms with Gasteiger partial charge < -0.3 is 5.32 Å². The van der Waals surface area contributed by atoms with Crippen LogP contribution in [0, 0.1) is 20.2 Å². The van der Waals surface area contributed by atoms with Crippen molar-refractivity contribution in [3.05, 3.63) is 32.4 Å². The molecule has 0 amide bonds. The van der Waals surface area contributed by atoms with Gasteiger partial charge in [0.25, 0.3) is 11.4 Å². The summed E-state index contributed by atoms with van der Waals surface area (Å²) in [5.74, 6) is 0.251. The highest BCUT2D eigenvalue weighted by Crippen LogP contribution is 2.40. The monoisotopic (exact) mass is 263 g/mol. The molecule has 11 heteroatoms. The van der Waals surface area contributed by atoms with Crippen molar-refractivity contribution < 1.29 is 9.85 Å². The first-order valence-corrected chi connectivity index (χ1v) is 5.05. The summed E-state index contributed by atoms with van der Waals surface area (Å²) in [4.78, 5) is 20.4. The Morgan fingerprint density at radius 2 is 2.05 bits per heavy atom. The van der Waals surface area contributed by atoms with Crippen LogP contribution in [0.2, 0.25) is 0 Å². The molecule has 1 aliphatic rings. The van der Waals surface area contributed by atoms with Crippen molar-refractivity contribution >= 4 is 17.1 Å². The number of benzene rings is 1. The molecule has 0 radical (unpaired) electrons. The van der Waals surface area contributed by atoms with E-state index in [4.69, 9.17) is 0 Å². The zero-order valence-electron chi connectivity index (χ0n) is 9.18. The van der Waals surface area contributed by atoms with E-state index < -0.39 is 9.85 Å². The van der Waals surface area contributed by atoms with Crippen LogP contribution < -0.4 is 5.32 Å². The molecular weight excluding hydrogens is 258 g/mol. The second-order valence-electron chi connectivity index (χ2n) is 3.74. The van der Waals surface area contributed by atoms with Gasteiger partial charge in [-0.25, -0.2) is 4.68 Å². The minimum atomic E-state index is -0.698. The lowest BCUT2D eigenvalue weighted by molar-refractivity contribution is -0.393. The van der Waals surface area contributed by atoms with Gasteiger partial charge in [-0.05, 0) is 10.4 Å². The summed E-state index contributed by atoms with van der Waals surface area (Å²) < 4.78 is 1.36. The number of hydrogen-bond donors (Lipinski definition) is 1. The average Bonchev–Trinajstić information content (AvgIpc) is 2.85. The summed E-state index contributed by atoms with van der Waals surface area (Å²) in [5.41, 5.74) is -0.350. The Morgan fingerprint density at radius 1 is 1.26 bits per heavy atom. The Labute approximate surface area is 104 Å². The van der Waals surface area contributed by atoms with Crippen LogP contribution in [0.5, 0.6) is 0 Å². The highest BCUT2D eigenvalue weighted by atomic mass is 16.6. The molecule has 96 valence electrons. The number of nitrogens with one attached hydrogen (secondary N) is 1. The fourth-order valence-electron chi connectivity index (χ4n) is 1.88. The van der Waals surface area contributed by atoms with Crippen LogP contribution in [0.25, 0.3) is 11.4 Å². The van der Waals surface area contributed by atoms with E-state index in [0.717, 1.165) is 6.07 Å². The molecule has 0 atom stereocenters. The van der Waals surface area contributed by atoms with Gasteiger partial charge in [-0.2, -0.15) is 0 Å². The summed E-state index contributed by atoms with van der Waals surface area (Å²) in [6, 6.07) is 2.11. The van der Waals surface area contributed by atoms with E-state index in [9.17, 15) is 20.2 Å². The zero-order chi connectivity index (χ0) is 13.6. The third-order valence-corrected chi connectivity index (χ3v) is 2.69. The molecule has 0 fully saturated rings. The zero-order valence-corrected chi connectivity index (χ0v) is 9.18. The molecule has 1 aliphatic heterocycles. The van der Waals surface area contributed by atoms with Crippen molar-refractivity contribution in [2.75, 3.05) is 5.32 Å². The molecular formula is C8H5N7O4. The molecule has 19 heavy (non-hydrogen) atoms. The van der Waals surface area contributed by atoms with Crippen LogP contribution in [0.15, 0.2) is 12.1 Å². The number of nitro groups is 2. The molecule has 0 spiro atoms. The Balaban J connectivity index is 2.32. The Bertz CT molecular complexity index is 709. The number of anilines is 1. The predicted octanol–water partition coefficient (Wildman–Crippen LogP) is 0.539. The smallest absolute Gasteiger partial charge is 0.300 e. The highest BCUT2D eigenvalue weighted by molar-refractivity contribution is 5.85. The number of non-ortho nitro benzene ring substituents is 1. The molecule has 0 unspecified atom stereocenters. The Kier molecular flexibility index (Phi) is 2.14. The lowest BCUT2D eigenvalue weighted by atomic mass is 10.1. The fraction of sp³-hybridized carbons (Fsp3) is 0.125. The molecule has 2 aromatic rings. The van der Waals surface area contributed by atoms with Crippen molar-refractivity contribution in [1.29, 1.82) is 0 Å². The lowest BCUT2D eigenvalue weighted by Crippen LogP contribution is -2.18. The highest BCUT2D eigenvalue weighted by Gasteiger charge is 2.30. The van der Waals surface area contributed by atoms with Crippen LogP contribution >= 0.6 is 0 Å². The number of nitrogens with zero attached hydrogens (tertiary/aromatic N) is 6. The van der Waals surface area contributed by atoms with E-state index in [0.29, 0.717) is 0 Å². The number of nitro benzene ring substituents is 2. The van der Waals surface area contributed by atoms with Gasteiger partial charge in [-0.15, -0.1) is 5.10 Å². The number of tetrazole rings is 1. The summed E-state index contributed by atoms with van der Waals surface area (Å²) >= 11 is 0. The number of hydrogen-bond acceptors (Lipinski definition) is 8. The molecule has 0 aliphatic carbocycles. The lowest BCUT2D eigenvalue weighted by Gasteiger charge is -2.17. The first-order chi connectivity index (χ1) is 9.08. The van der Waals surface area contributed by atoms with E-state index in [-0.39, 0.29) is 35.1 Å². The maximum atomic E-state index is 11.0. The fourth-order valence-corrected chi connectivity index (χ4v) is 1.88. The number of fused-ring (bicyclic) bond motifs is 3. The van der Waals surface area contributed by atoms with Crippen molar-refractivity contribution in [3.63, 3.8) is 0 Å². The van der Waals surface area contributed by atoms with E-state index in [1.165, 1.54) is 10.7 Å². The van der Waals surface area contributed by atoms with Gasteiger partial charge in [0.05, 0.1) is 21.5 Å². The van der Waals surface area contributed by atoms with Crippen LogP contribution in [-0.2, 0) is 6.67 Å². The normalized spacial score (nSPS) is 12.2. The molecule has 0 saturated heterocycles. The first-order valence-electron chi connectivity index (χ1n) is 5.05. The van der Waals surface area contributed by atoms with Gasteiger partial charge in [-0.3, -0.25) is 20.2 Å². The van der Waals surface area contributed by atoms with Gasteiger partial charge in [0.2, 0.25) is 0 Å². The number of aromatic nitrogens is 4. The van der Waals surface area contributed by atoms with Gasteiger partial charge in [-0.1, -0.05) is 0 Å². The standard InChI is InChI=1S/C8H5N7O4/c16-14(17)4-1-5-7(6(2-4)15(18)19)9-3-13-8(5)10-11-12-13/h1-2,9H,3H2. The van der Waals surface area contributed by atoms with Crippen molar-refractivity contribution in [1.82, 2.24) is 20.2 Å². The minimum Gasteiger partial charge on any atom is -0.360 e. The summed E-state index contributed by atoms with van der Waals surface area (Å²) in [5, 5.41) is 35.4. The van der Waals surface area contributed by atoms with E-state index >= 15 is 0 Å². The molecule has 3 rings (SSSR count). The first kappa shape index (κ1) is 11.0. The molecule has 0 saturated carbocycles. The molecule has 2 heterocycles. The topological polar surface area (TPSA) is 142 Å². The SMILES string of the molecule is O=[N+]([O-])c1cc2c(c([N+](=O)[O-])c1)NCn1nnnc1-2. The third-order valence-electron chi connectivity index (χ3n) is 2.69. The predicted molar refractivity (Wildman–Crippen MR) is 60.2 cm³/mol. The van der Waals surface area contributed by atoms with Crippen LogP contribution in [0.4, 0.5) is 17.1 Å².